The molecule has 0 spiro atoms. The van der Waals surface area contributed by atoms with Gasteiger partial charge >= 0.3 is 6.09 Å². The van der Waals surface area contributed by atoms with Crippen LogP contribution in [-0.4, -0.2) is 11.9 Å². The number of benzene rings is 1. The quantitative estimate of drug-likeness (QED) is 0.608. The van der Waals surface area contributed by atoms with Gasteiger partial charge in [-0.3, -0.25) is 10.7 Å². The van der Waals surface area contributed by atoms with Gasteiger partial charge in [0.25, 0.3) is 0 Å². The van der Waals surface area contributed by atoms with Crippen LogP contribution in [-0.2, 0) is 11.3 Å². The van der Waals surface area contributed by atoms with Crippen molar-refractivity contribution in [1.82, 2.24) is 5.32 Å². The number of rotatable bonds is 5. The van der Waals surface area contributed by atoms with E-state index in [1.165, 1.54) is 6.42 Å². The highest BCUT2D eigenvalue weighted by Crippen LogP contribution is 2.37. The lowest BCUT2D eigenvalue weighted by Crippen LogP contribution is -2.39. The van der Waals surface area contributed by atoms with Crippen LogP contribution in [0.2, 0.25) is 0 Å². The maximum atomic E-state index is 11.9. The third kappa shape index (κ3) is 5.08. The van der Waals surface area contributed by atoms with Crippen molar-refractivity contribution in [3.8, 4) is 0 Å². The third-order valence-electron chi connectivity index (χ3n) is 5.05. The molecule has 3 atom stereocenters. The molecule has 0 heterocycles. The lowest BCUT2D eigenvalue weighted by atomic mass is 9.71. The number of hydrogen-bond donors (Lipinski definition) is 2. The fraction of sp³-hybridized carbons (Fsp3) is 0.579. The first-order chi connectivity index (χ1) is 11.1. The largest absolute Gasteiger partial charge is 0.444 e. The summed E-state index contributed by atoms with van der Waals surface area (Å²) in [5, 5.41) is 10.8. The van der Waals surface area contributed by atoms with E-state index in [0.717, 1.165) is 37.2 Å². The Morgan fingerprint density at radius 3 is 2.52 bits per heavy atom. The highest BCUT2D eigenvalue weighted by Gasteiger charge is 2.31. The minimum atomic E-state index is -0.524. The van der Waals surface area contributed by atoms with Crippen LogP contribution in [0, 0.1) is 23.2 Å². The van der Waals surface area contributed by atoms with Gasteiger partial charge in [0.15, 0.2) is 0 Å². The Morgan fingerprint density at radius 2 is 1.87 bits per heavy atom. The molecule has 1 fully saturated rings. The highest BCUT2D eigenvalue weighted by atomic mass is 16.5. The third-order valence-corrected chi connectivity index (χ3v) is 5.05. The Kier molecular flexibility index (Phi) is 6.63. The van der Waals surface area contributed by atoms with Crippen LogP contribution in [0.5, 0.6) is 0 Å². The van der Waals surface area contributed by atoms with E-state index in [1.54, 1.807) is 0 Å². The van der Waals surface area contributed by atoms with Crippen molar-refractivity contribution in [2.45, 2.75) is 52.6 Å². The van der Waals surface area contributed by atoms with Crippen molar-refractivity contribution in [2.75, 3.05) is 0 Å². The van der Waals surface area contributed by atoms with E-state index in [4.69, 9.17) is 10.1 Å². The van der Waals surface area contributed by atoms with Crippen LogP contribution in [0.4, 0.5) is 4.79 Å². The van der Waals surface area contributed by atoms with Crippen LogP contribution < -0.4 is 5.32 Å². The van der Waals surface area contributed by atoms with Crippen LogP contribution >= 0.6 is 0 Å². The van der Waals surface area contributed by atoms with Gasteiger partial charge in [0, 0.05) is 5.92 Å². The summed E-state index contributed by atoms with van der Waals surface area (Å²) in [5.41, 5.74) is 0.948. The Balaban J connectivity index is 1.78. The molecule has 1 aromatic carbocycles. The molecule has 1 aliphatic rings. The van der Waals surface area contributed by atoms with E-state index < -0.39 is 6.09 Å². The average molecular weight is 316 g/mol. The van der Waals surface area contributed by atoms with E-state index in [2.05, 4.69) is 19.2 Å². The van der Waals surface area contributed by atoms with Crippen molar-refractivity contribution in [1.29, 1.82) is 5.41 Å². The second-order valence-corrected chi connectivity index (χ2v) is 6.45. The molecule has 2 N–H and O–H groups in total. The Morgan fingerprint density at radius 1 is 1.17 bits per heavy atom. The number of nitrogens with one attached hydrogen (secondary N) is 2. The smallest absolute Gasteiger partial charge is 0.412 e. The normalized spacial score (nSPS) is 24.0. The molecule has 0 saturated heterocycles. The molecule has 126 valence electrons. The molecule has 1 amide bonds. The average Bonchev–Trinajstić information content (AvgIpc) is 2.60. The molecule has 1 saturated carbocycles. The Hall–Kier alpha value is -1.84. The molecule has 3 unspecified atom stereocenters. The monoisotopic (exact) mass is 316 g/mol. The van der Waals surface area contributed by atoms with Gasteiger partial charge in [-0.25, -0.2) is 4.79 Å². The van der Waals surface area contributed by atoms with Crippen LogP contribution in [0.25, 0.3) is 0 Å². The molecule has 4 heteroatoms. The molecule has 0 bridgehead atoms. The van der Waals surface area contributed by atoms with Gasteiger partial charge in [-0.1, -0.05) is 57.0 Å². The van der Waals surface area contributed by atoms with Crippen molar-refractivity contribution in [3.63, 3.8) is 0 Å². The SMILES string of the molecule is CCC1CCC(C(=N)NC(=O)OCc2ccccc2)CC1CC. The van der Waals surface area contributed by atoms with Gasteiger partial charge in [0.1, 0.15) is 12.4 Å². The standard InChI is InChI=1S/C19H28N2O2/c1-3-15-10-11-17(12-16(15)4-2)18(20)21-19(22)23-13-14-8-6-5-7-9-14/h5-9,15-17H,3-4,10-13H2,1-2H3,(H2,20,21,22). The summed E-state index contributed by atoms with van der Waals surface area (Å²) in [5.74, 6) is 1.92. The lowest BCUT2D eigenvalue weighted by molar-refractivity contribution is 0.143. The zero-order valence-electron chi connectivity index (χ0n) is 14.2. The van der Waals surface area contributed by atoms with E-state index >= 15 is 0 Å². The van der Waals surface area contributed by atoms with Gasteiger partial charge < -0.3 is 4.74 Å². The molecule has 0 radical (unpaired) electrons. The van der Waals surface area contributed by atoms with Crippen molar-refractivity contribution >= 4 is 11.9 Å². The second kappa shape index (κ2) is 8.70. The minimum absolute atomic E-state index is 0.159. The first-order valence-electron chi connectivity index (χ1n) is 8.70. The second-order valence-electron chi connectivity index (χ2n) is 6.45. The van der Waals surface area contributed by atoms with Gasteiger partial charge in [-0.15, -0.1) is 0 Å². The summed E-state index contributed by atoms with van der Waals surface area (Å²) in [4.78, 5) is 11.9. The summed E-state index contributed by atoms with van der Waals surface area (Å²) < 4.78 is 5.19. The molecule has 1 aliphatic carbocycles. The Labute approximate surface area is 139 Å². The number of alkyl carbamates (subject to hydrolysis) is 1. The Bertz CT molecular complexity index is 515. The lowest BCUT2D eigenvalue weighted by Gasteiger charge is -2.35. The summed E-state index contributed by atoms with van der Waals surface area (Å²) in [6.45, 7) is 4.71. The van der Waals surface area contributed by atoms with Crippen LogP contribution in [0.3, 0.4) is 0 Å². The van der Waals surface area contributed by atoms with E-state index in [9.17, 15) is 4.79 Å². The molecule has 2 rings (SSSR count). The summed E-state index contributed by atoms with van der Waals surface area (Å²) in [6, 6.07) is 9.58. The first-order valence-corrected chi connectivity index (χ1v) is 8.70. The number of ether oxygens (including phenoxy) is 1. The predicted molar refractivity (Wildman–Crippen MR) is 92.4 cm³/mol. The zero-order chi connectivity index (χ0) is 16.7. The van der Waals surface area contributed by atoms with E-state index in [-0.39, 0.29) is 12.5 Å². The summed E-state index contributed by atoms with van der Waals surface area (Å²) in [6.07, 6.45) is 5.00. The van der Waals surface area contributed by atoms with Crippen molar-refractivity contribution in [3.05, 3.63) is 35.9 Å². The molecule has 0 aromatic heterocycles. The number of amidine groups is 1. The number of hydrogen-bond acceptors (Lipinski definition) is 3. The number of carbonyl (C=O) groups is 1. The number of amides is 1. The van der Waals surface area contributed by atoms with Gasteiger partial charge in [0.2, 0.25) is 0 Å². The minimum Gasteiger partial charge on any atom is -0.444 e. The van der Waals surface area contributed by atoms with Crippen LogP contribution in [0.1, 0.15) is 51.5 Å². The zero-order valence-corrected chi connectivity index (χ0v) is 14.2. The molecular weight excluding hydrogens is 288 g/mol. The van der Waals surface area contributed by atoms with Gasteiger partial charge in [0.05, 0.1) is 0 Å². The molecule has 4 nitrogen and oxygen atoms in total. The maximum Gasteiger partial charge on any atom is 0.412 e. The van der Waals surface area contributed by atoms with Crippen molar-refractivity contribution < 1.29 is 9.53 Å². The van der Waals surface area contributed by atoms with Gasteiger partial charge in [-0.2, -0.15) is 0 Å². The maximum absolute atomic E-state index is 11.9. The topological polar surface area (TPSA) is 62.2 Å². The fourth-order valence-electron chi connectivity index (χ4n) is 3.60. The first kappa shape index (κ1) is 17.5. The molecule has 23 heavy (non-hydrogen) atoms. The summed E-state index contributed by atoms with van der Waals surface area (Å²) in [7, 11) is 0. The molecule has 1 aromatic rings. The van der Waals surface area contributed by atoms with Crippen LogP contribution in [0.15, 0.2) is 30.3 Å². The summed E-state index contributed by atoms with van der Waals surface area (Å²) >= 11 is 0. The molecular formula is C19H28N2O2. The van der Waals surface area contributed by atoms with Gasteiger partial charge in [-0.05, 0) is 36.7 Å². The highest BCUT2D eigenvalue weighted by molar-refractivity contribution is 5.94. The van der Waals surface area contributed by atoms with E-state index in [1.807, 2.05) is 30.3 Å². The van der Waals surface area contributed by atoms with Crippen molar-refractivity contribution in [2.24, 2.45) is 17.8 Å². The number of carbonyl (C=O) groups excluding carboxylic acids is 1. The van der Waals surface area contributed by atoms with E-state index in [0.29, 0.717) is 11.8 Å². The molecule has 0 aliphatic heterocycles. The predicted octanol–water partition coefficient (Wildman–Crippen LogP) is 4.74. The fourth-order valence-corrected chi connectivity index (χ4v) is 3.60.